The zero-order chi connectivity index (χ0) is 19.5. The SMILES string of the molecule is NC(CO)C(=O)NCC(=O)NC(Cc1ccccc1)C(=O)NCC(=O)O. The molecule has 3 amide bonds. The van der Waals surface area contributed by atoms with Crippen molar-refractivity contribution in [1.29, 1.82) is 0 Å². The highest BCUT2D eigenvalue weighted by atomic mass is 16.4. The summed E-state index contributed by atoms with van der Waals surface area (Å²) in [5, 5.41) is 24.3. The first kappa shape index (κ1) is 21.1. The van der Waals surface area contributed by atoms with Gasteiger partial charge in [-0.3, -0.25) is 19.2 Å². The van der Waals surface area contributed by atoms with Crippen molar-refractivity contribution in [2.24, 2.45) is 5.73 Å². The third kappa shape index (κ3) is 7.73. The predicted molar refractivity (Wildman–Crippen MR) is 90.8 cm³/mol. The third-order valence-electron chi connectivity index (χ3n) is 3.30. The average Bonchev–Trinajstić information content (AvgIpc) is 2.63. The number of carbonyl (C=O) groups excluding carboxylic acids is 3. The summed E-state index contributed by atoms with van der Waals surface area (Å²) in [4.78, 5) is 46.2. The summed E-state index contributed by atoms with van der Waals surface area (Å²) >= 11 is 0. The second-order valence-corrected chi connectivity index (χ2v) is 5.43. The Kier molecular flexibility index (Phi) is 8.75. The van der Waals surface area contributed by atoms with Gasteiger partial charge >= 0.3 is 5.97 Å². The molecule has 10 heteroatoms. The largest absolute Gasteiger partial charge is 0.480 e. The number of aliphatic carboxylic acids is 1. The van der Waals surface area contributed by atoms with Crippen LogP contribution in [0, 0.1) is 0 Å². The molecule has 0 aromatic heterocycles. The molecule has 0 aliphatic heterocycles. The van der Waals surface area contributed by atoms with Crippen LogP contribution in [-0.4, -0.2) is 65.7 Å². The molecule has 0 bridgehead atoms. The molecule has 1 rings (SSSR count). The summed E-state index contributed by atoms with van der Waals surface area (Å²) in [5.41, 5.74) is 6.07. The summed E-state index contributed by atoms with van der Waals surface area (Å²) in [5.74, 6) is -3.25. The molecule has 0 aliphatic carbocycles. The Bertz CT molecular complexity index is 637. The van der Waals surface area contributed by atoms with Crippen LogP contribution in [0.25, 0.3) is 0 Å². The van der Waals surface area contributed by atoms with Crippen molar-refractivity contribution >= 4 is 23.7 Å². The Balaban J connectivity index is 2.68. The fraction of sp³-hybridized carbons (Fsp3) is 0.375. The van der Waals surface area contributed by atoms with Gasteiger partial charge in [-0.15, -0.1) is 0 Å². The molecule has 0 heterocycles. The highest BCUT2D eigenvalue weighted by Crippen LogP contribution is 2.03. The van der Waals surface area contributed by atoms with E-state index in [4.69, 9.17) is 15.9 Å². The van der Waals surface area contributed by atoms with E-state index in [-0.39, 0.29) is 6.42 Å². The number of hydrogen-bond donors (Lipinski definition) is 6. The van der Waals surface area contributed by atoms with E-state index in [1.807, 2.05) is 0 Å². The number of aliphatic hydroxyl groups is 1. The monoisotopic (exact) mass is 366 g/mol. The van der Waals surface area contributed by atoms with Crippen molar-refractivity contribution in [1.82, 2.24) is 16.0 Å². The van der Waals surface area contributed by atoms with Crippen LogP contribution in [0.4, 0.5) is 0 Å². The van der Waals surface area contributed by atoms with Crippen LogP contribution in [0.3, 0.4) is 0 Å². The molecule has 0 saturated heterocycles. The highest BCUT2D eigenvalue weighted by molar-refractivity contribution is 5.92. The number of aliphatic hydroxyl groups excluding tert-OH is 1. The van der Waals surface area contributed by atoms with Crippen molar-refractivity contribution in [3.05, 3.63) is 35.9 Å². The highest BCUT2D eigenvalue weighted by Gasteiger charge is 2.22. The van der Waals surface area contributed by atoms with Crippen molar-refractivity contribution in [2.75, 3.05) is 19.7 Å². The maximum absolute atomic E-state index is 12.2. The Hall–Kier alpha value is -2.98. The van der Waals surface area contributed by atoms with Crippen LogP contribution in [0.2, 0.25) is 0 Å². The lowest BCUT2D eigenvalue weighted by Gasteiger charge is -2.18. The topological polar surface area (TPSA) is 171 Å². The summed E-state index contributed by atoms with van der Waals surface area (Å²) in [7, 11) is 0. The molecule has 0 aliphatic rings. The van der Waals surface area contributed by atoms with E-state index in [9.17, 15) is 19.2 Å². The Morgan fingerprint density at radius 1 is 1.00 bits per heavy atom. The molecule has 1 aromatic carbocycles. The number of nitrogens with one attached hydrogen (secondary N) is 3. The van der Waals surface area contributed by atoms with Crippen molar-refractivity contribution in [3.8, 4) is 0 Å². The Labute approximate surface area is 149 Å². The number of carbonyl (C=O) groups is 4. The summed E-state index contributed by atoms with van der Waals surface area (Å²) in [6.45, 7) is -1.59. The van der Waals surface area contributed by atoms with Crippen LogP contribution in [-0.2, 0) is 25.6 Å². The number of carboxylic acids is 1. The molecule has 7 N–H and O–H groups in total. The van der Waals surface area contributed by atoms with E-state index >= 15 is 0 Å². The van der Waals surface area contributed by atoms with Crippen LogP contribution in [0.1, 0.15) is 5.56 Å². The molecule has 26 heavy (non-hydrogen) atoms. The number of hydrogen-bond acceptors (Lipinski definition) is 6. The van der Waals surface area contributed by atoms with Gasteiger partial charge in [0.15, 0.2) is 0 Å². The smallest absolute Gasteiger partial charge is 0.322 e. The van der Waals surface area contributed by atoms with Gasteiger partial charge in [-0.25, -0.2) is 0 Å². The van der Waals surface area contributed by atoms with Gasteiger partial charge in [0.25, 0.3) is 0 Å². The van der Waals surface area contributed by atoms with Gasteiger partial charge < -0.3 is 31.9 Å². The minimum atomic E-state index is -1.21. The standard InChI is InChI=1S/C16H22N4O6/c17-11(9-21)15(25)18-7-13(22)20-12(16(26)19-8-14(23)24)6-10-4-2-1-3-5-10/h1-5,11-12,21H,6-9,17H2,(H,18,25)(H,19,26)(H,20,22)(H,23,24). The summed E-state index contributed by atoms with van der Waals surface area (Å²) < 4.78 is 0. The fourth-order valence-corrected chi connectivity index (χ4v) is 1.97. The molecule has 0 radical (unpaired) electrons. The third-order valence-corrected chi connectivity index (χ3v) is 3.30. The first-order valence-electron chi connectivity index (χ1n) is 7.80. The van der Waals surface area contributed by atoms with Gasteiger partial charge in [0.1, 0.15) is 18.6 Å². The second-order valence-electron chi connectivity index (χ2n) is 5.43. The molecule has 0 saturated carbocycles. The first-order valence-corrected chi connectivity index (χ1v) is 7.80. The minimum Gasteiger partial charge on any atom is -0.480 e. The van der Waals surface area contributed by atoms with E-state index in [2.05, 4.69) is 16.0 Å². The number of nitrogens with two attached hydrogens (primary N) is 1. The number of benzene rings is 1. The van der Waals surface area contributed by atoms with Crippen molar-refractivity contribution in [2.45, 2.75) is 18.5 Å². The average molecular weight is 366 g/mol. The van der Waals surface area contributed by atoms with Gasteiger partial charge in [-0.1, -0.05) is 30.3 Å². The molecule has 0 spiro atoms. The van der Waals surface area contributed by atoms with Crippen LogP contribution in [0.15, 0.2) is 30.3 Å². The lowest BCUT2D eigenvalue weighted by atomic mass is 10.1. The van der Waals surface area contributed by atoms with E-state index in [0.29, 0.717) is 0 Å². The fourth-order valence-electron chi connectivity index (χ4n) is 1.97. The first-order chi connectivity index (χ1) is 12.3. The molecular weight excluding hydrogens is 344 g/mol. The quantitative estimate of drug-likeness (QED) is 0.262. The molecule has 1 aromatic rings. The number of carboxylic acid groups (broad SMARTS) is 1. The normalized spacial score (nSPS) is 12.5. The van der Waals surface area contributed by atoms with Crippen LogP contribution >= 0.6 is 0 Å². The van der Waals surface area contributed by atoms with Gasteiger partial charge in [0.05, 0.1) is 13.2 Å². The van der Waals surface area contributed by atoms with E-state index in [1.54, 1.807) is 30.3 Å². The maximum Gasteiger partial charge on any atom is 0.322 e. The van der Waals surface area contributed by atoms with E-state index in [0.717, 1.165) is 5.56 Å². The van der Waals surface area contributed by atoms with E-state index < -0.39 is 55.5 Å². The summed E-state index contributed by atoms with van der Waals surface area (Å²) in [6.07, 6.45) is 0.141. The molecule has 2 unspecified atom stereocenters. The predicted octanol–water partition coefficient (Wildman–Crippen LogP) is -2.65. The number of rotatable bonds is 10. The van der Waals surface area contributed by atoms with Crippen molar-refractivity contribution in [3.63, 3.8) is 0 Å². The van der Waals surface area contributed by atoms with Gasteiger partial charge in [-0.2, -0.15) is 0 Å². The molecule has 10 nitrogen and oxygen atoms in total. The second kappa shape index (κ2) is 10.8. The lowest BCUT2D eigenvalue weighted by molar-refractivity contribution is -0.138. The zero-order valence-electron chi connectivity index (χ0n) is 14.0. The minimum absolute atomic E-state index is 0.141. The van der Waals surface area contributed by atoms with Gasteiger partial charge in [0.2, 0.25) is 17.7 Å². The molecular formula is C16H22N4O6. The molecule has 142 valence electrons. The van der Waals surface area contributed by atoms with Crippen molar-refractivity contribution < 1.29 is 29.4 Å². The van der Waals surface area contributed by atoms with Gasteiger partial charge in [-0.05, 0) is 5.56 Å². The Morgan fingerprint density at radius 2 is 1.62 bits per heavy atom. The zero-order valence-corrected chi connectivity index (χ0v) is 14.0. The lowest BCUT2D eigenvalue weighted by Crippen LogP contribution is -2.52. The van der Waals surface area contributed by atoms with Crippen LogP contribution in [0.5, 0.6) is 0 Å². The summed E-state index contributed by atoms with van der Waals surface area (Å²) in [6, 6.07) is 6.66. The van der Waals surface area contributed by atoms with Gasteiger partial charge in [0, 0.05) is 6.42 Å². The Morgan fingerprint density at radius 3 is 2.19 bits per heavy atom. The van der Waals surface area contributed by atoms with E-state index in [1.165, 1.54) is 0 Å². The maximum atomic E-state index is 12.2. The molecule has 2 atom stereocenters. The number of amides is 3. The van der Waals surface area contributed by atoms with Crippen LogP contribution < -0.4 is 21.7 Å². The molecule has 0 fully saturated rings.